The standard InChI is InChI=1S/C21H34N4O2/c1-27-16-11-23-21(26)18-5-4-12-25(17-18)20-8-14-24(15-9-20)13-7-19-6-2-3-10-22-19/h2-3,6,10,18,20H,4-5,7-9,11-17H2,1H3,(H,23,26)/t18-/m1/s1. The van der Waals surface area contributed by atoms with E-state index in [1.807, 2.05) is 12.3 Å². The van der Waals surface area contributed by atoms with E-state index in [4.69, 9.17) is 4.74 Å². The van der Waals surface area contributed by atoms with Crippen LogP contribution in [0.3, 0.4) is 0 Å². The van der Waals surface area contributed by atoms with Crippen LogP contribution in [0.5, 0.6) is 0 Å². The van der Waals surface area contributed by atoms with E-state index in [1.165, 1.54) is 18.5 Å². The predicted molar refractivity (Wildman–Crippen MR) is 107 cm³/mol. The topological polar surface area (TPSA) is 57.7 Å². The molecule has 2 aliphatic rings. The number of nitrogens with one attached hydrogen (secondary N) is 1. The lowest BCUT2D eigenvalue weighted by Gasteiger charge is -2.42. The first-order valence-corrected chi connectivity index (χ1v) is 10.4. The van der Waals surface area contributed by atoms with Gasteiger partial charge in [0.25, 0.3) is 0 Å². The predicted octanol–water partition coefficient (Wildman–Crippen LogP) is 1.56. The number of ether oxygens (including phenoxy) is 1. The zero-order valence-corrected chi connectivity index (χ0v) is 16.6. The van der Waals surface area contributed by atoms with Crippen LogP contribution in [0.25, 0.3) is 0 Å². The van der Waals surface area contributed by atoms with E-state index in [2.05, 4.69) is 32.2 Å². The van der Waals surface area contributed by atoms with Crippen molar-refractivity contribution in [2.24, 2.45) is 5.92 Å². The first-order valence-electron chi connectivity index (χ1n) is 10.4. The molecule has 27 heavy (non-hydrogen) atoms. The highest BCUT2D eigenvalue weighted by Gasteiger charge is 2.31. The molecule has 6 heteroatoms. The van der Waals surface area contributed by atoms with Gasteiger partial charge in [0.05, 0.1) is 12.5 Å². The Labute approximate surface area is 163 Å². The van der Waals surface area contributed by atoms with Gasteiger partial charge in [-0.2, -0.15) is 0 Å². The van der Waals surface area contributed by atoms with Crippen molar-refractivity contribution in [3.05, 3.63) is 30.1 Å². The second-order valence-corrected chi connectivity index (χ2v) is 7.76. The molecule has 0 bridgehead atoms. The van der Waals surface area contributed by atoms with E-state index >= 15 is 0 Å². The number of nitrogens with zero attached hydrogens (tertiary/aromatic N) is 3. The maximum atomic E-state index is 12.4. The Kier molecular flexibility index (Phi) is 8.05. The first kappa shape index (κ1) is 20.2. The number of rotatable bonds is 8. The van der Waals surface area contributed by atoms with Crippen molar-refractivity contribution in [2.75, 3.05) is 53.0 Å². The molecule has 150 valence electrons. The number of carbonyl (C=O) groups is 1. The minimum atomic E-state index is 0.137. The van der Waals surface area contributed by atoms with Crippen LogP contribution in [0.1, 0.15) is 31.4 Å². The van der Waals surface area contributed by atoms with Gasteiger partial charge < -0.3 is 15.0 Å². The summed E-state index contributed by atoms with van der Waals surface area (Å²) in [5.74, 6) is 0.335. The van der Waals surface area contributed by atoms with Crippen LogP contribution < -0.4 is 5.32 Å². The Hall–Kier alpha value is -1.50. The summed E-state index contributed by atoms with van der Waals surface area (Å²) in [6, 6.07) is 6.77. The largest absolute Gasteiger partial charge is 0.383 e. The van der Waals surface area contributed by atoms with Gasteiger partial charge in [0.15, 0.2) is 0 Å². The normalized spacial score (nSPS) is 22.6. The van der Waals surface area contributed by atoms with Crippen LogP contribution in [0, 0.1) is 5.92 Å². The molecule has 0 unspecified atom stereocenters. The van der Waals surface area contributed by atoms with Gasteiger partial charge in [-0.3, -0.25) is 14.7 Å². The average molecular weight is 375 g/mol. The number of piperidine rings is 2. The summed E-state index contributed by atoms with van der Waals surface area (Å²) in [7, 11) is 1.66. The maximum absolute atomic E-state index is 12.4. The summed E-state index contributed by atoms with van der Waals surface area (Å²) in [5, 5.41) is 3.01. The van der Waals surface area contributed by atoms with Crippen LogP contribution in [-0.4, -0.2) is 79.7 Å². The summed E-state index contributed by atoms with van der Waals surface area (Å²) in [6.45, 7) is 6.64. The van der Waals surface area contributed by atoms with Crippen LogP contribution in [-0.2, 0) is 16.0 Å². The number of amides is 1. The highest BCUT2D eigenvalue weighted by atomic mass is 16.5. The van der Waals surface area contributed by atoms with Gasteiger partial charge >= 0.3 is 0 Å². The average Bonchev–Trinajstić information content (AvgIpc) is 2.73. The fourth-order valence-electron chi connectivity index (χ4n) is 4.30. The highest BCUT2D eigenvalue weighted by molar-refractivity contribution is 5.78. The second kappa shape index (κ2) is 10.7. The van der Waals surface area contributed by atoms with E-state index < -0.39 is 0 Å². The van der Waals surface area contributed by atoms with Crippen molar-refractivity contribution in [3.8, 4) is 0 Å². The number of carbonyl (C=O) groups excluding carboxylic acids is 1. The summed E-state index contributed by atoms with van der Waals surface area (Å²) in [4.78, 5) is 21.9. The highest BCUT2D eigenvalue weighted by Crippen LogP contribution is 2.24. The van der Waals surface area contributed by atoms with Crippen LogP contribution in [0.4, 0.5) is 0 Å². The molecular weight excluding hydrogens is 340 g/mol. The van der Waals surface area contributed by atoms with Gasteiger partial charge in [0.2, 0.25) is 5.91 Å². The third-order valence-electron chi connectivity index (χ3n) is 5.91. The molecule has 0 saturated carbocycles. The minimum Gasteiger partial charge on any atom is -0.383 e. The van der Waals surface area contributed by atoms with Crippen LogP contribution in [0.15, 0.2) is 24.4 Å². The molecule has 1 aromatic heterocycles. The SMILES string of the molecule is COCCNC(=O)[C@@H]1CCCN(C2CCN(CCc3ccccn3)CC2)C1. The smallest absolute Gasteiger partial charge is 0.224 e. The quantitative estimate of drug-likeness (QED) is 0.700. The molecule has 0 aromatic carbocycles. The third kappa shape index (κ3) is 6.26. The molecule has 3 rings (SSSR count). The molecule has 1 amide bonds. The molecule has 2 aliphatic heterocycles. The fraction of sp³-hybridized carbons (Fsp3) is 0.714. The van der Waals surface area contributed by atoms with Crippen LogP contribution >= 0.6 is 0 Å². The summed E-state index contributed by atoms with van der Waals surface area (Å²) in [5.41, 5.74) is 1.18. The lowest BCUT2D eigenvalue weighted by Crippen LogP contribution is -2.51. The number of hydrogen-bond donors (Lipinski definition) is 1. The van der Waals surface area contributed by atoms with E-state index in [0.717, 1.165) is 52.0 Å². The van der Waals surface area contributed by atoms with Gasteiger partial charge in [-0.05, 0) is 57.5 Å². The van der Waals surface area contributed by atoms with Crippen molar-refractivity contribution < 1.29 is 9.53 Å². The minimum absolute atomic E-state index is 0.137. The number of hydrogen-bond acceptors (Lipinski definition) is 5. The summed E-state index contributed by atoms with van der Waals surface area (Å²) in [6.07, 6.45) is 7.46. The van der Waals surface area contributed by atoms with Gasteiger partial charge in [0, 0.05) is 51.1 Å². The van der Waals surface area contributed by atoms with Gasteiger partial charge in [-0.25, -0.2) is 0 Å². The molecule has 0 aliphatic carbocycles. The van der Waals surface area contributed by atoms with E-state index in [9.17, 15) is 4.79 Å². The zero-order chi connectivity index (χ0) is 18.9. The van der Waals surface area contributed by atoms with E-state index in [-0.39, 0.29) is 11.8 Å². The van der Waals surface area contributed by atoms with E-state index in [0.29, 0.717) is 19.2 Å². The molecule has 6 nitrogen and oxygen atoms in total. The second-order valence-electron chi connectivity index (χ2n) is 7.76. The molecule has 2 fully saturated rings. The Morgan fingerprint density at radius 2 is 2.11 bits per heavy atom. The van der Waals surface area contributed by atoms with Crippen molar-refractivity contribution in [3.63, 3.8) is 0 Å². The molecule has 1 atom stereocenters. The Morgan fingerprint density at radius 1 is 1.26 bits per heavy atom. The van der Waals surface area contributed by atoms with Crippen molar-refractivity contribution in [1.82, 2.24) is 20.1 Å². The van der Waals surface area contributed by atoms with Gasteiger partial charge in [0.1, 0.15) is 0 Å². The third-order valence-corrected chi connectivity index (χ3v) is 5.91. The summed E-state index contributed by atoms with van der Waals surface area (Å²) >= 11 is 0. The lowest BCUT2D eigenvalue weighted by atomic mass is 9.93. The Balaban J connectivity index is 1.39. The summed E-state index contributed by atoms with van der Waals surface area (Å²) < 4.78 is 5.02. The Morgan fingerprint density at radius 3 is 2.85 bits per heavy atom. The van der Waals surface area contributed by atoms with Crippen molar-refractivity contribution >= 4 is 5.91 Å². The number of likely N-dealkylation sites (tertiary alicyclic amines) is 2. The molecule has 3 heterocycles. The molecule has 0 radical (unpaired) electrons. The van der Waals surface area contributed by atoms with E-state index in [1.54, 1.807) is 7.11 Å². The zero-order valence-electron chi connectivity index (χ0n) is 16.6. The van der Waals surface area contributed by atoms with Gasteiger partial charge in [-0.15, -0.1) is 0 Å². The maximum Gasteiger partial charge on any atom is 0.224 e. The lowest BCUT2D eigenvalue weighted by molar-refractivity contribution is -0.127. The number of pyridine rings is 1. The molecule has 1 aromatic rings. The fourth-order valence-corrected chi connectivity index (χ4v) is 4.30. The van der Waals surface area contributed by atoms with Crippen LogP contribution in [0.2, 0.25) is 0 Å². The Bertz CT molecular complexity index is 561. The molecular formula is C21H34N4O2. The number of aromatic nitrogens is 1. The van der Waals surface area contributed by atoms with Crippen molar-refractivity contribution in [2.45, 2.75) is 38.1 Å². The monoisotopic (exact) mass is 374 g/mol. The molecule has 0 spiro atoms. The van der Waals surface area contributed by atoms with Crippen molar-refractivity contribution in [1.29, 1.82) is 0 Å². The molecule has 1 N–H and O–H groups in total. The number of methoxy groups -OCH3 is 1. The molecule has 2 saturated heterocycles. The van der Waals surface area contributed by atoms with Gasteiger partial charge in [-0.1, -0.05) is 6.07 Å². The first-order chi connectivity index (χ1) is 13.3.